The molecule has 1 saturated carbocycles. The third kappa shape index (κ3) is 2.68. The van der Waals surface area contributed by atoms with Gasteiger partial charge in [0.2, 0.25) is 0 Å². The summed E-state index contributed by atoms with van der Waals surface area (Å²) in [6.07, 6.45) is 3.93. The van der Waals surface area contributed by atoms with Gasteiger partial charge in [-0.25, -0.2) is 0 Å². The first-order chi connectivity index (χ1) is 8.86. The molecule has 1 atom stereocenters. The Labute approximate surface area is 108 Å². The van der Waals surface area contributed by atoms with Crippen LogP contribution in [0.25, 0.3) is 0 Å². The van der Waals surface area contributed by atoms with Crippen molar-refractivity contribution in [2.45, 2.75) is 31.3 Å². The molecule has 1 aliphatic heterocycles. The van der Waals surface area contributed by atoms with Crippen LogP contribution in [0.2, 0.25) is 0 Å². The zero-order valence-electron chi connectivity index (χ0n) is 10.9. The van der Waals surface area contributed by atoms with Crippen molar-refractivity contribution in [1.29, 1.82) is 0 Å². The van der Waals surface area contributed by atoms with E-state index in [0.717, 1.165) is 37.8 Å². The van der Waals surface area contributed by atoms with Gasteiger partial charge in [0.1, 0.15) is 5.75 Å². The van der Waals surface area contributed by atoms with Crippen molar-refractivity contribution >= 4 is 0 Å². The van der Waals surface area contributed by atoms with Crippen LogP contribution in [0.4, 0.5) is 0 Å². The molecule has 1 saturated heterocycles. The lowest BCUT2D eigenvalue weighted by Crippen LogP contribution is -2.39. The number of hydrogen-bond acceptors (Lipinski definition) is 3. The number of nitrogens with one attached hydrogen (secondary N) is 1. The lowest BCUT2D eigenvalue weighted by Gasteiger charge is -2.24. The summed E-state index contributed by atoms with van der Waals surface area (Å²) in [5.74, 6) is 1.77. The Balaban J connectivity index is 1.73. The molecule has 2 fully saturated rings. The highest BCUT2D eigenvalue weighted by Crippen LogP contribution is 2.44. The SMILES string of the molecule is COc1ccc(CC2CNCCO2)cc1C1CC1. The summed E-state index contributed by atoms with van der Waals surface area (Å²) in [4.78, 5) is 0. The second kappa shape index (κ2) is 5.29. The first kappa shape index (κ1) is 12.0. The molecule has 1 aromatic rings. The van der Waals surface area contributed by atoms with Gasteiger partial charge in [-0.1, -0.05) is 12.1 Å². The largest absolute Gasteiger partial charge is 0.496 e. The third-order valence-corrected chi connectivity index (χ3v) is 3.78. The lowest BCUT2D eigenvalue weighted by atomic mass is 10.0. The highest BCUT2D eigenvalue weighted by molar-refractivity contribution is 5.42. The van der Waals surface area contributed by atoms with Crippen LogP contribution in [0.15, 0.2) is 18.2 Å². The summed E-state index contributed by atoms with van der Waals surface area (Å²) in [6.45, 7) is 2.77. The normalized spacial score (nSPS) is 23.9. The van der Waals surface area contributed by atoms with E-state index < -0.39 is 0 Å². The Bertz CT molecular complexity index is 409. The summed E-state index contributed by atoms with van der Waals surface area (Å²) in [6, 6.07) is 6.59. The van der Waals surface area contributed by atoms with Gasteiger partial charge < -0.3 is 14.8 Å². The van der Waals surface area contributed by atoms with E-state index in [0.29, 0.717) is 6.10 Å². The molecule has 0 radical (unpaired) electrons. The summed E-state index contributed by atoms with van der Waals surface area (Å²) in [7, 11) is 1.76. The van der Waals surface area contributed by atoms with E-state index in [2.05, 4.69) is 23.5 Å². The van der Waals surface area contributed by atoms with Crippen molar-refractivity contribution in [3.63, 3.8) is 0 Å². The molecule has 3 rings (SSSR count). The number of hydrogen-bond donors (Lipinski definition) is 1. The van der Waals surface area contributed by atoms with Crippen LogP contribution in [-0.4, -0.2) is 32.9 Å². The van der Waals surface area contributed by atoms with Gasteiger partial charge >= 0.3 is 0 Å². The highest BCUT2D eigenvalue weighted by atomic mass is 16.5. The maximum absolute atomic E-state index is 5.76. The lowest BCUT2D eigenvalue weighted by molar-refractivity contribution is 0.0292. The Morgan fingerprint density at radius 1 is 1.39 bits per heavy atom. The molecule has 98 valence electrons. The second-order valence-corrected chi connectivity index (χ2v) is 5.25. The Hall–Kier alpha value is -1.06. The van der Waals surface area contributed by atoms with E-state index in [4.69, 9.17) is 9.47 Å². The number of ether oxygens (including phenoxy) is 2. The molecular formula is C15H21NO2. The van der Waals surface area contributed by atoms with Gasteiger partial charge in [0.15, 0.2) is 0 Å². The van der Waals surface area contributed by atoms with Crippen molar-refractivity contribution in [1.82, 2.24) is 5.32 Å². The van der Waals surface area contributed by atoms with Crippen LogP contribution >= 0.6 is 0 Å². The van der Waals surface area contributed by atoms with Crippen LogP contribution in [0, 0.1) is 0 Å². The second-order valence-electron chi connectivity index (χ2n) is 5.25. The summed E-state index contributed by atoms with van der Waals surface area (Å²) < 4.78 is 11.2. The summed E-state index contributed by atoms with van der Waals surface area (Å²) >= 11 is 0. The summed E-state index contributed by atoms with van der Waals surface area (Å²) in [5.41, 5.74) is 2.75. The van der Waals surface area contributed by atoms with E-state index in [1.54, 1.807) is 7.11 Å². The van der Waals surface area contributed by atoms with Gasteiger partial charge in [0, 0.05) is 13.1 Å². The van der Waals surface area contributed by atoms with E-state index in [9.17, 15) is 0 Å². The molecule has 2 aliphatic rings. The standard InChI is InChI=1S/C15H21NO2/c1-17-15-5-2-11(9-14(15)12-3-4-12)8-13-10-16-6-7-18-13/h2,5,9,12-13,16H,3-4,6-8,10H2,1H3. The zero-order valence-corrected chi connectivity index (χ0v) is 10.9. The van der Waals surface area contributed by atoms with E-state index in [1.165, 1.54) is 24.0 Å². The predicted octanol–water partition coefficient (Wildman–Crippen LogP) is 2.10. The average Bonchev–Trinajstić information content (AvgIpc) is 3.24. The molecule has 18 heavy (non-hydrogen) atoms. The fraction of sp³-hybridized carbons (Fsp3) is 0.600. The molecule has 1 N–H and O–H groups in total. The Morgan fingerprint density at radius 3 is 2.94 bits per heavy atom. The Kier molecular flexibility index (Phi) is 3.52. The van der Waals surface area contributed by atoms with Gasteiger partial charge in [-0.3, -0.25) is 0 Å². The topological polar surface area (TPSA) is 30.5 Å². The van der Waals surface area contributed by atoms with Crippen LogP contribution in [0.3, 0.4) is 0 Å². The zero-order chi connectivity index (χ0) is 12.4. The van der Waals surface area contributed by atoms with Gasteiger partial charge in [-0.15, -0.1) is 0 Å². The minimum atomic E-state index is 0.319. The molecule has 0 spiro atoms. The van der Waals surface area contributed by atoms with Crippen molar-refractivity contribution in [2.75, 3.05) is 26.8 Å². The van der Waals surface area contributed by atoms with Crippen molar-refractivity contribution in [3.05, 3.63) is 29.3 Å². The van der Waals surface area contributed by atoms with Crippen molar-refractivity contribution in [2.24, 2.45) is 0 Å². The quantitative estimate of drug-likeness (QED) is 0.884. The fourth-order valence-electron chi connectivity index (χ4n) is 2.64. The minimum absolute atomic E-state index is 0.319. The van der Waals surface area contributed by atoms with Gasteiger partial charge in [0.25, 0.3) is 0 Å². The monoisotopic (exact) mass is 247 g/mol. The van der Waals surface area contributed by atoms with Gasteiger partial charge in [-0.05, 0) is 42.4 Å². The van der Waals surface area contributed by atoms with Crippen molar-refractivity contribution < 1.29 is 9.47 Å². The summed E-state index contributed by atoms with van der Waals surface area (Å²) in [5, 5.41) is 3.38. The predicted molar refractivity (Wildman–Crippen MR) is 71.3 cm³/mol. The molecule has 1 unspecified atom stereocenters. The van der Waals surface area contributed by atoms with Gasteiger partial charge in [0.05, 0.1) is 19.8 Å². The van der Waals surface area contributed by atoms with Gasteiger partial charge in [-0.2, -0.15) is 0 Å². The number of benzene rings is 1. The molecule has 3 nitrogen and oxygen atoms in total. The van der Waals surface area contributed by atoms with Crippen LogP contribution < -0.4 is 10.1 Å². The van der Waals surface area contributed by atoms with Crippen LogP contribution in [-0.2, 0) is 11.2 Å². The van der Waals surface area contributed by atoms with E-state index in [1.807, 2.05) is 0 Å². The molecule has 0 bridgehead atoms. The average molecular weight is 247 g/mol. The Morgan fingerprint density at radius 2 is 2.28 bits per heavy atom. The minimum Gasteiger partial charge on any atom is -0.496 e. The molecule has 1 aromatic carbocycles. The molecular weight excluding hydrogens is 226 g/mol. The van der Waals surface area contributed by atoms with E-state index in [-0.39, 0.29) is 0 Å². The number of methoxy groups -OCH3 is 1. The molecule has 0 amide bonds. The molecule has 3 heteroatoms. The first-order valence-corrected chi connectivity index (χ1v) is 6.86. The van der Waals surface area contributed by atoms with E-state index >= 15 is 0 Å². The van der Waals surface area contributed by atoms with Crippen LogP contribution in [0.5, 0.6) is 5.75 Å². The smallest absolute Gasteiger partial charge is 0.122 e. The first-order valence-electron chi connectivity index (χ1n) is 6.86. The maximum atomic E-state index is 5.76. The molecule has 1 heterocycles. The van der Waals surface area contributed by atoms with Crippen LogP contribution in [0.1, 0.15) is 29.9 Å². The third-order valence-electron chi connectivity index (χ3n) is 3.78. The molecule has 0 aromatic heterocycles. The van der Waals surface area contributed by atoms with Crippen molar-refractivity contribution in [3.8, 4) is 5.75 Å². The fourth-order valence-corrected chi connectivity index (χ4v) is 2.64. The highest BCUT2D eigenvalue weighted by Gasteiger charge is 2.27. The number of morpholine rings is 1. The number of rotatable bonds is 4. The molecule has 1 aliphatic carbocycles. The maximum Gasteiger partial charge on any atom is 0.122 e.